The summed E-state index contributed by atoms with van der Waals surface area (Å²) in [5.41, 5.74) is 0. The molecule has 1 saturated heterocycles. The van der Waals surface area contributed by atoms with E-state index in [1.807, 2.05) is 12.4 Å². The number of piperazine rings is 1. The molecule has 0 spiro atoms. The van der Waals surface area contributed by atoms with E-state index < -0.39 is 10.0 Å². The maximum absolute atomic E-state index is 12.1. The highest BCUT2D eigenvalue weighted by Crippen LogP contribution is 2.12. The van der Waals surface area contributed by atoms with Crippen molar-refractivity contribution in [2.24, 2.45) is 0 Å². The van der Waals surface area contributed by atoms with Crippen LogP contribution in [0.2, 0.25) is 0 Å². The van der Waals surface area contributed by atoms with Crippen molar-refractivity contribution in [2.75, 3.05) is 32.7 Å². The molecule has 0 N–H and O–H groups in total. The van der Waals surface area contributed by atoms with Crippen molar-refractivity contribution in [1.29, 1.82) is 0 Å². The number of nitrogens with zero attached hydrogens (tertiary/aromatic N) is 4. The van der Waals surface area contributed by atoms with Crippen molar-refractivity contribution in [3.05, 3.63) is 18.2 Å². The number of aryl methyl sites for hydroxylation is 1. The fourth-order valence-corrected chi connectivity index (χ4v) is 3.88. The third-order valence-corrected chi connectivity index (χ3v) is 6.34. The molecule has 120 valence electrons. The van der Waals surface area contributed by atoms with Crippen molar-refractivity contribution in [3.63, 3.8) is 0 Å². The molecule has 7 heteroatoms. The zero-order valence-corrected chi connectivity index (χ0v) is 14.0. The Morgan fingerprint density at radius 2 is 1.86 bits per heavy atom. The zero-order chi connectivity index (χ0) is 15.5. The maximum atomic E-state index is 12.1. The van der Waals surface area contributed by atoms with Crippen LogP contribution in [0.4, 0.5) is 0 Å². The first kappa shape index (κ1) is 16.5. The van der Waals surface area contributed by atoms with E-state index in [0.29, 0.717) is 13.1 Å². The molecule has 0 atom stereocenters. The number of hydrogen-bond donors (Lipinski definition) is 0. The summed E-state index contributed by atoms with van der Waals surface area (Å²) in [4.78, 5) is 6.64. The van der Waals surface area contributed by atoms with Crippen molar-refractivity contribution in [1.82, 2.24) is 18.8 Å². The van der Waals surface area contributed by atoms with Crippen LogP contribution < -0.4 is 0 Å². The molecule has 1 fully saturated rings. The van der Waals surface area contributed by atoms with Gasteiger partial charge in [0, 0.05) is 58.1 Å². The van der Waals surface area contributed by atoms with Crippen LogP contribution in [0.1, 0.15) is 26.6 Å². The topological polar surface area (TPSA) is 58.4 Å². The Morgan fingerprint density at radius 1 is 1.19 bits per heavy atom. The highest BCUT2D eigenvalue weighted by molar-refractivity contribution is 7.89. The van der Waals surface area contributed by atoms with Crippen LogP contribution in [-0.2, 0) is 23.0 Å². The van der Waals surface area contributed by atoms with Crippen molar-refractivity contribution < 1.29 is 8.42 Å². The summed E-state index contributed by atoms with van der Waals surface area (Å²) in [6.07, 6.45) is 4.79. The standard InChI is InChI=1S/C14H26N4O2S/c1-4-14-15-5-6-17(14)10-7-16-8-11-18(12-9-16)21(19,20)13(2)3/h5-6,13H,4,7-12H2,1-3H3. The largest absolute Gasteiger partial charge is 0.334 e. The Hall–Kier alpha value is -0.920. The van der Waals surface area contributed by atoms with E-state index in [-0.39, 0.29) is 5.25 Å². The fourth-order valence-electron chi connectivity index (χ4n) is 2.61. The SMILES string of the molecule is CCc1nccn1CCN1CCN(S(=O)(=O)C(C)C)CC1. The van der Waals surface area contributed by atoms with Gasteiger partial charge in [0.15, 0.2) is 0 Å². The van der Waals surface area contributed by atoms with Gasteiger partial charge in [-0.3, -0.25) is 4.90 Å². The molecule has 6 nitrogen and oxygen atoms in total. The van der Waals surface area contributed by atoms with Gasteiger partial charge in [0.25, 0.3) is 0 Å². The molecule has 0 aromatic carbocycles. The van der Waals surface area contributed by atoms with Gasteiger partial charge in [-0.05, 0) is 13.8 Å². The summed E-state index contributed by atoms with van der Waals surface area (Å²) in [6, 6.07) is 0. The molecule has 2 heterocycles. The summed E-state index contributed by atoms with van der Waals surface area (Å²) in [7, 11) is -3.10. The van der Waals surface area contributed by atoms with E-state index in [0.717, 1.165) is 38.4 Å². The van der Waals surface area contributed by atoms with E-state index in [1.54, 1.807) is 18.2 Å². The van der Waals surface area contributed by atoms with Crippen LogP contribution in [0, 0.1) is 0 Å². The molecule has 21 heavy (non-hydrogen) atoms. The first-order chi connectivity index (χ1) is 9.95. The summed E-state index contributed by atoms with van der Waals surface area (Å²) in [5, 5.41) is -0.331. The summed E-state index contributed by atoms with van der Waals surface area (Å²) < 4.78 is 28.0. The Balaban J connectivity index is 1.82. The van der Waals surface area contributed by atoms with Gasteiger partial charge in [0.05, 0.1) is 5.25 Å². The second-order valence-electron chi connectivity index (χ2n) is 5.72. The average Bonchev–Trinajstić information content (AvgIpc) is 2.92. The molecule has 0 aliphatic carbocycles. The Kier molecular flexibility index (Phi) is 5.40. The number of rotatable bonds is 6. The van der Waals surface area contributed by atoms with Gasteiger partial charge in [-0.2, -0.15) is 4.31 Å². The normalized spacial score (nSPS) is 18.5. The van der Waals surface area contributed by atoms with Gasteiger partial charge in [-0.15, -0.1) is 0 Å². The molecule has 0 radical (unpaired) electrons. The lowest BCUT2D eigenvalue weighted by Crippen LogP contribution is -2.50. The molecule has 0 saturated carbocycles. The molecule has 0 amide bonds. The lowest BCUT2D eigenvalue weighted by atomic mass is 10.3. The molecule has 0 unspecified atom stereocenters. The second kappa shape index (κ2) is 6.89. The second-order valence-corrected chi connectivity index (χ2v) is 8.21. The molecule has 1 aromatic rings. The van der Waals surface area contributed by atoms with Crippen molar-refractivity contribution in [2.45, 2.75) is 39.0 Å². The minimum Gasteiger partial charge on any atom is -0.334 e. The average molecular weight is 314 g/mol. The van der Waals surface area contributed by atoms with E-state index in [1.165, 1.54) is 0 Å². The molecule has 1 aliphatic rings. The van der Waals surface area contributed by atoms with Gasteiger partial charge in [-0.25, -0.2) is 13.4 Å². The summed E-state index contributed by atoms with van der Waals surface area (Å²) >= 11 is 0. The van der Waals surface area contributed by atoms with E-state index >= 15 is 0 Å². The van der Waals surface area contributed by atoms with Crippen LogP contribution in [0.15, 0.2) is 12.4 Å². The van der Waals surface area contributed by atoms with E-state index in [4.69, 9.17) is 0 Å². The Bertz CT molecular complexity index is 545. The van der Waals surface area contributed by atoms with Crippen LogP contribution in [0.3, 0.4) is 0 Å². The number of hydrogen-bond acceptors (Lipinski definition) is 4. The van der Waals surface area contributed by atoms with Crippen LogP contribution in [-0.4, -0.2) is 65.1 Å². The first-order valence-electron chi connectivity index (χ1n) is 7.66. The first-order valence-corrected chi connectivity index (χ1v) is 9.16. The van der Waals surface area contributed by atoms with E-state index in [9.17, 15) is 8.42 Å². The quantitative estimate of drug-likeness (QED) is 0.779. The molecule has 1 aromatic heterocycles. The predicted octanol–water partition coefficient (Wildman–Crippen LogP) is 0.801. The summed E-state index contributed by atoms with van der Waals surface area (Å²) in [5.74, 6) is 1.11. The van der Waals surface area contributed by atoms with Crippen LogP contribution >= 0.6 is 0 Å². The minimum absolute atomic E-state index is 0.331. The van der Waals surface area contributed by atoms with E-state index in [2.05, 4.69) is 21.4 Å². The molecular weight excluding hydrogens is 288 g/mol. The van der Waals surface area contributed by atoms with Crippen LogP contribution in [0.25, 0.3) is 0 Å². The monoisotopic (exact) mass is 314 g/mol. The number of aromatic nitrogens is 2. The lowest BCUT2D eigenvalue weighted by Gasteiger charge is -2.34. The van der Waals surface area contributed by atoms with Gasteiger partial charge in [0.2, 0.25) is 10.0 Å². The van der Waals surface area contributed by atoms with Crippen molar-refractivity contribution >= 4 is 10.0 Å². The Morgan fingerprint density at radius 3 is 2.43 bits per heavy atom. The summed E-state index contributed by atoms with van der Waals surface area (Å²) in [6.45, 7) is 10.3. The Labute approximate surface area is 127 Å². The molecule has 2 rings (SSSR count). The third-order valence-electron chi connectivity index (χ3n) is 4.06. The van der Waals surface area contributed by atoms with Gasteiger partial charge in [-0.1, -0.05) is 6.92 Å². The number of imidazole rings is 1. The van der Waals surface area contributed by atoms with Gasteiger partial charge < -0.3 is 4.57 Å². The third kappa shape index (κ3) is 3.84. The molecule has 0 bridgehead atoms. The minimum atomic E-state index is -3.10. The maximum Gasteiger partial charge on any atom is 0.216 e. The highest BCUT2D eigenvalue weighted by atomic mass is 32.2. The molecule has 1 aliphatic heterocycles. The van der Waals surface area contributed by atoms with Gasteiger partial charge >= 0.3 is 0 Å². The van der Waals surface area contributed by atoms with Crippen molar-refractivity contribution in [3.8, 4) is 0 Å². The number of sulfonamides is 1. The lowest BCUT2D eigenvalue weighted by molar-refractivity contribution is 0.182. The van der Waals surface area contributed by atoms with Crippen LogP contribution in [0.5, 0.6) is 0 Å². The zero-order valence-electron chi connectivity index (χ0n) is 13.2. The smallest absolute Gasteiger partial charge is 0.216 e. The fraction of sp³-hybridized carbons (Fsp3) is 0.786. The highest BCUT2D eigenvalue weighted by Gasteiger charge is 2.29. The predicted molar refractivity (Wildman–Crippen MR) is 83.7 cm³/mol. The molecular formula is C14H26N4O2S. The van der Waals surface area contributed by atoms with Gasteiger partial charge in [0.1, 0.15) is 5.82 Å².